The van der Waals surface area contributed by atoms with Crippen molar-refractivity contribution in [3.8, 4) is 0 Å². The first-order valence-electron chi connectivity index (χ1n) is 12.4. The molecule has 0 aliphatic carbocycles. The number of carbonyl (C=O) groups is 1. The van der Waals surface area contributed by atoms with Gasteiger partial charge in [0.2, 0.25) is 0 Å². The fourth-order valence-corrected chi connectivity index (χ4v) is 4.77. The van der Waals surface area contributed by atoms with Gasteiger partial charge in [-0.15, -0.1) is 0 Å². The van der Waals surface area contributed by atoms with Gasteiger partial charge >= 0.3 is 6.03 Å². The van der Waals surface area contributed by atoms with Crippen LogP contribution in [0.2, 0.25) is 0 Å². The number of amides is 2. The van der Waals surface area contributed by atoms with Gasteiger partial charge in [0.1, 0.15) is 5.82 Å². The van der Waals surface area contributed by atoms with Crippen molar-refractivity contribution in [2.45, 2.75) is 25.9 Å². The number of fused-ring (bicyclic) bond motifs is 1. The molecule has 0 radical (unpaired) electrons. The molecule has 4 aromatic rings. The van der Waals surface area contributed by atoms with Crippen LogP contribution in [0.15, 0.2) is 88.1 Å². The summed E-state index contributed by atoms with van der Waals surface area (Å²) in [5, 5.41) is 3.60. The molecule has 8 heteroatoms. The summed E-state index contributed by atoms with van der Waals surface area (Å²) in [4.78, 5) is 36.3. The molecule has 2 amide bonds. The molecule has 1 N–H and O–H groups in total. The summed E-state index contributed by atoms with van der Waals surface area (Å²) in [6.07, 6.45) is 0.596. The van der Waals surface area contributed by atoms with Gasteiger partial charge in [-0.2, -0.15) is 0 Å². The van der Waals surface area contributed by atoms with Gasteiger partial charge in [-0.1, -0.05) is 71.4 Å². The van der Waals surface area contributed by atoms with Crippen LogP contribution in [0.1, 0.15) is 30.8 Å². The Morgan fingerprint density at radius 3 is 2.43 bits per heavy atom. The van der Waals surface area contributed by atoms with E-state index in [1.165, 1.54) is 0 Å². The van der Waals surface area contributed by atoms with Crippen LogP contribution in [-0.4, -0.2) is 52.6 Å². The van der Waals surface area contributed by atoms with Gasteiger partial charge in [-0.05, 0) is 56.4 Å². The van der Waals surface area contributed by atoms with Gasteiger partial charge in [0.25, 0.3) is 5.56 Å². The summed E-state index contributed by atoms with van der Waals surface area (Å²) in [5.41, 5.74) is 2.21. The van der Waals surface area contributed by atoms with Gasteiger partial charge < -0.3 is 15.1 Å². The van der Waals surface area contributed by atoms with Crippen molar-refractivity contribution in [1.82, 2.24) is 19.4 Å². The fraction of sp³-hybridized carbons (Fsp3) is 0.276. The van der Waals surface area contributed by atoms with E-state index in [0.29, 0.717) is 48.5 Å². The van der Waals surface area contributed by atoms with E-state index < -0.39 is 6.04 Å². The maximum absolute atomic E-state index is 13.8. The molecular weight excluding hydrogens is 530 g/mol. The Labute approximate surface area is 225 Å². The monoisotopic (exact) mass is 561 g/mol. The molecule has 0 saturated carbocycles. The third-order valence-electron chi connectivity index (χ3n) is 6.26. The SMILES string of the molecule is CCC(c1nc2ccccc2c(=O)n1Cc1ccccc1)N(CCN(C)C)C(=O)Nc1cccc(Br)c1. The molecule has 192 valence electrons. The normalized spacial score (nSPS) is 12.0. The molecule has 0 bridgehead atoms. The molecule has 1 heterocycles. The lowest BCUT2D eigenvalue weighted by Crippen LogP contribution is -2.44. The minimum atomic E-state index is -0.409. The summed E-state index contributed by atoms with van der Waals surface area (Å²) in [7, 11) is 3.95. The number of carbonyl (C=O) groups excluding carboxylic acids is 1. The number of nitrogens with zero attached hydrogens (tertiary/aromatic N) is 4. The molecule has 1 aromatic heterocycles. The Bertz CT molecular complexity index is 1420. The lowest BCUT2D eigenvalue weighted by molar-refractivity contribution is 0.172. The summed E-state index contributed by atoms with van der Waals surface area (Å²) < 4.78 is 2.60. The fourth-order valence-electron chi connectivity index (χ4n) is 4.37. The summed E-state index contributed by atoms with van der Waals surface area (Å²) in [6, 6.07) is 24.1. The average molecular weight is 563 g/mol. The van der Waals surface area contributed by atoms with Gasteiger partial charge in [0, 0.05) is 23.2 Å². The summed E-state index contributed by atoms with van der Waals surface area (Å²) in [6.45, 7) is 3.53. The zero-order valence-corrected chi connectivity index (χ0v) is 23.0. The highest BCUT2D eigenvalue weighted by Crippen LogP contribution is 2.26. The second-order valence-corrected chi connectivity index (χ2v) is 10.1. The molecule has 0 aliphatic heterocycles. The number of likely N-dealkylation sites (N-methyl/N-ethyl adjacent to an activating group) is 1. The number of rotatable bonds is 9. The van der Waals surface area contributed by atoms with Crippen molar-refractivity contribution in [2.24, 2.45) is 0 Å². The van der Waals surface area contributed by atoms with Crippen LogP contribution in [0.25, 0.3) is 10.9 Å². The van der Waals surface area contributed by atoms with Gasteiger partial charge in [-0.25, -0.2) is 9.78 Å². The highest BCUT2D eigenvalue weighted by molar-refractivity contribution is 9.10. The first-order chi connectivity index (χ1) is 17.9. The van der Waals surface area contributed by atoms with Gasteiger partial charge in [-0.3, -0.25) is 9.36 Å². The molecule has 1 atom stereocenters. The zero-order valence-electron chi connectivity index (χ0n) is 21.4. The number of benzene rings is 3. The van der Waals surface area contributed by atoms with Crippen LogP contribution in [0.3, 0.4) is 0 Å². The van der Waals surface area contributed by atoms with E-state index in [-0.39, 0.29) is 11.6 Å². The third kappa shape index (κ3) is 6.45. The first kappa shape index (κ1) is 26.6. The van der Waals surface area contributed by atoms with E-state index in [1.54, 1.807) is 15.5 Å². The third-order valence-corrected chi connectivity index (χ3v) is 6.75. The number of hydrogen-bond donors (Lipinski definition) is 1. The minimum Gasteiger partial charge on any atom is -0.313 e. The van der Waals surface area contributed by atoms with Crippen molar-refractivity contribution in [3.05, 3.63) is 105 Å². The number of halogens is 1. The molecule has 0 spiro atoms. The second kappa shape index (κ2) is 12.2. The quantitative estimate of drug-likeness (QED) is 0.282. The smallest absolute Gasteiger partial charge is 0.313 e. The van der Waals surface area contributed by atoms with Crippen molar-refractivity contribution < 1.29 is 4.79 Å². The maximum Gasteiger partial charge on any atom is 0.322 e. The largest absolute Gasteiger partial charge is 0.322 e. The molecule has 0 aliphatic rings. The number of aromatic nitrogens is 2. The molecule has 37 heavy (non-hydrogen) atoms. The molecule has 0 fully saturated rings. The number of urea groups is 1. The molecule has 4 rings (SSSR count). The van der Waals surface area contributed by atoms with Crippen molar-refractivity contribution in [3.63, 3.8) is 0 Å². The number of anilines is 1. The topological polar surface area (TPSA) is 70.5 Å². The zero-order chi connectivity index (χ0) is 26.4. The minimum absolute atomic E-state index is 0.108. The molecular formula is C29H32BrN5O2. The van der Waals surface area contributed by atoms with Gasteiger partial charge in [0.15, 0.2) is 0 Å². The number of para-hydroxylation sites is 1. The highest BCUT2D eigenvalue weighted by Gasteiger charge is 2.29. The van der Waals surface area contributed by atoms with E-state index in [4.69, 9.17) is 4.98 Å². The summed E-state index contributed by atoms with van der Waals surface area (Å²) in [5.74, 6) is 0.582. The van der Waals surface area contributed by atoms with Gasteiger partial charge in [0.05, 0.1) is 23.5 Å². The molecule has 3 aromatic carbocycles. The maximum atomic E-state index is 13.8. The molecule has 7 nitrogen and oxygen atoms in total. The van der Waals surface area contributed by atoms with Crippen LogP contribution in [-0.2, 0) is 6.54 Å². The Hall–Kier alpha value is -3.49. The number of hydrogen-bond acceptors (Lipinski definition) is 4. The molecule has 1 unspecified atom stereocenters. The van der Waals surface area contributed by atoms with Crippen LogP contribution in [0.4, 0.5) is 10.5 Å². The average Bonchev–Trinajstić information content (AvgIpc) is 2.88. The van der Waals surface area contributed by atoms with Crippen molar-refractivity contribution in [1.29, 1.82) is 0 Å². The van der Waals surface area contributed by atoms with E-state index in [1.807, 2.05) is 98.7 Å². The van der Waals surface area contributed by atoms with Crippen LogP contribution >= 0.6 is 15.9 Å². The van der Waals surface area contributed by atoms with Crippen LogP contribution in [0, 0.1) is 0 Å². The Balaban J connectivity index is 1.81. The van der Waals surface area contributed by atoms with Crippen LogP contribution < -0.4 is 10.9 Å². The highest BCUT2D eigenvalue weighted by atomic mass is 79.9. The van der Waals surface area contributed by atoms with E-state index >= 15 is 0 Å². The van der Waals surface area contributed by atoms with Crippen LogP contribution in [0.5, 0.6) is 0 Å². The Kier molecular flexibility index (Phi) is 8.74. The predicted molar refractivity (Wildman–Crippen MR) is 153 cm³/mol. The molecule has 0 saturated heterocycles. The second-order valence-electron chi connectivity index (χ2n) is 9.23. The standard InChI is InChI=1S/C29H32BrN5O2/c1-4-26(34(18-17-33(2)3)29(37)31-23-14-10-13-22(30)19-23)27-32-25-16-9-8-15-24(25)28(36)35(27)20-21-11-6-5-7-12-21/h5-16,19,26H,4,17-18,20H2,1-3H3,(H,31,37). The first-order valence-corrected chi connectivity index (χ1v) is 13.2. The Morgan fingerprint density at radius 2 is 1.73 bits per heavy atom. The van der Waals surface area contributed by atoms with Crippen molar-refractivity contribution >= 4 is 38.6 Å². The van der Waals surface area contributed by atoms with E-state index in [2.05, 4.69) is 21.2 Å². The Morgan fingerprint density at radius 1 is 1.00 bits per heavy atom. The number of nitrogens with one attached hydrogen (secondary N) is 1. The lowest BCUT2D eigenvalue weighted by Gasteiger charge is -2.33. The van der Waals surface area contributed by atoms with E-state index in [0.717, 1.165) is 10.0 Å². The summed E-state index contributed by atoms with van der Waals surface area (Å²) >= 11 is 3.47. The predicted octanol–water partition coefficient (Wildman–Crippen LogP) is 5.75. The van der Waals surface area contributed by atoms with E-state index in [9.17, 15) is 9.59 Å². The lowest BCUT2D eigenvalue weighted by atomic mass is 10.1. The van der Waals surface area contributed by atoms with Crippen molar-refractivity contribution in [2.75, 3.05) is 32.5 Å².